The van der Waals surface area contributed by atoms with E-state index in [1.54, 1.807) is 0 Å². The highest BCUT2D eigenvalue weighted by Gasteiger charge is 2.11. The van der Waals surface area contributed by atoms with Crippen molar-refractivity contribution in [1.82, 2.24) is 5.32 Å². The Hall–Kier alpha value is -2.32. The van der Waals surface area contributed by atoms with Crippen LogP contribution < -0.4 is 10.1 Å². The third-order valence-corrected chi connectivity index (χ3v) is 5.23. The lowest BCUT2D eigenvalue weighted by Gasteiger charge is -2.18. The van der Waals surface area contributed by atoms with Crippen molar-refractivity contribution in [3.63, 3.8) is 0 Å². The van der Waals surface area contributed by atoms with Gasteiger partial charge in [0.15, 0.2) is 0 Å². The van der Waals surface area contributed by atoms with E-state index in [-0.39, 0.29) is 0 Å². The minimum Gasteiger partial charge on any atom is -0.493 e. The molecule has 1 unspecified atom stereocenters. The molecule has 0 saturated heterocycles. The zero-order valence-corrected chi connectivity index (χ0v) is 16.8. The smallest absolute Gasteiger partial charge is 0.127 e. The normalized spacial score (nSPS) is 12.3. The van der Waals surface area contributed by atoms with Crippen molar-refractivity contribution in [2.24, 2.45) is 0 Å². The van der Waals surface area contributed by atoms with E-state index in [1.807, 2.05) is 7.05 Å². The van der Waals surface area contributed by atoms with Crippen LogP contribution in [0.15, 0.2) is 60.7 Å². The van der Waals surface area contributed by atoms with Gasteiger partial charge in [-0.05, 0) is 49.4 Å². The Kier molecular flexibility index (Phi) is 6.89. The molecular formula is C25H31NO. The summed E-state index contributed by atoms with van der Waals surface area (Å²) in [6, 6.07) is 22.0. The minimum absolute atomic E-state index is 0.306. The van der Waals surface area contributed by atoms with Crippen LogP contribution >= 0.6 is 0 Å². The second-order valence-corrected chi connectivity index (χ2v) is 7.26. The van der Waals surface area contributed by atoms with Crippen molar-refractivity contribution >= 4 is 10.8 Å². The maximum absolute atomic E-state index is 6.22. The van der Waals surface area contributed by atoms with Crippen molar-refractivity contribution in [3.05, 3.63) is 77.4 Å². The first kappa shape index (κ1) is 19.4. The Labute approximate surface area is 163 Å². The van der Waals surface area contributed by atoms with Gasteiger partial charge in [-0.25, -0.2) is 0 Å². The SMILES string of the molecule is CCCCc1ccc(OCCC(NC)c2cccc(C)c2)c2ccccc12. The van der Waals surface area contributed by atoms with Gasteiger partial charge in [0.2, 0.25) is 0 Å². The molecule has 0 radical (unpaired) electrons. The van der Waals surface area contributed by atoms with Crippen LogP contribution in [0.2, 0.25) is 0 Å². The van der Waals surface area contributed by atoms with Crippen molar-refractivity contribution in [2.45, 2.75) is 45.6 Å². The maximum atomic E-state index is 6.22. The minimum atomic E-state index is 0.306. The van der Waals surface area contributed by atoms with Crippen LogP contribution in [0.25, 0.3) is 10.8 Å². The third kappa shape index (κ3) is 4.90. The molecule has 2 heteroatoms. The molecule has 3 rings (SSSR count). The number of ether oxygens (including phenoxy) is 1. The highest BCUT2D eigenvalue weighted by Crippen LogP contribution is 2.30. The average Bonchev–Trinajstić information content (AvgIpc) is 2.70. The first-order chi connectivity index (χ1) is 13.2. The van der Waals surface area contributed by atoms with E-state index in [1.165, 1.54) is 40.3 Å². The number of benzene rings is 3. The van der Waals surface area contributed by atoms with Crippen LogP contribution in [-0.4, -0.2) is 13.7 Å². The summed E-state index contributed by atoms with van der Waals surface area (Å²) in [5.74, 6) is 0.991. The molecule has 3 aromatic carbocycles. The van der Waals surface area contributed by atoms with Gasteiger partial charge >= 0.3 is 0 Å². The zero-order valence-electron chi connectivity index (χ0n) is 16.8. The van der Waals surface area contributed by atoms with Crippen molar-refractivity contribution < 1.29 is 4.74 Å². The predicted octanol–water partition coefficient (Wildman–Crippen LogP) is 6.22. The largest absolute Gasteiger partial charge is 0.493 e. The van der Waals surface area contributed by atoms with Gasteiger partial charge in [0.05, 0.1) is 6.61 Å². The van der Waals surface area contributed by atoms with Crippen LogP contribution in [0, 0.1) is 6.92 Å². The number of aryl methyl sites for hydroxylation is 2. The molecule has 0 amide bonds. The maximum Gasteiger partial charge on any atom is 0.127 e. The fourth-order valence-corrected chi connectivity index (χ4v) is 3.70. The van der Waals surface area contributed by atoms with Gasteiger partial charge in [-0.3, -0.25) is 0 Å². The van der Waals surface area contributed by atoms with Gasteiger partial charge in [0, 0.05) is 17.8 Å². The molecule has 0 aromatic heterocycles. The highest BCUT2D eigenvalue weighted by molar-refractivity contribution is 5.91. The zero-order chi connectivity index (χ0) is 19.1. The van der Waals surface area contributed by atoms with Crippen molar-refractivity contribution in [3.8, 4) is 5.75 Å². The predicted molar refractivity (Wildman–Crippen MR) is 116 cm³/mol. The molecule has 0 fully saturated rings. The van der Waals surface area contributed by atoms with E-state index in [0.29, 0.717) is 12.6 Å². The highest BCUT2D eigenvalue weighted by atomic mass is 16.5. The Bertz CT molecular complexity index is 871. The summed E-state index contributed by atoms with van der Waals surface area (Å²) >= 11 is 0. The average molecular weight is 362 g/mol. The number of unbranched alkanes of at least 4 members (excludes halogenated alkanes) is 1. The molecule has 2 nitrogen and oxygen atoms in total. The van der Waals surface area contributed by atoms with Gasteiger partial charge in [-0.15, -0.1) is 0 Å². The van der Waals surface area contributed by atoms with Crippen LogP contribution in [0.4, 0.5) is 0 Å². The third-order valence-electron chi connectivity index (χ3n) is 5.23. The molecule has 0 saturated carbocycles. The lowest BCUT2D eigenvalue weighted by atomic mass is 9.99. The molecule has 0 aliphatic heterocycles. The summed E-state index contributed by atoms with van der Waals surface area (Å²) in [5, 5.41) is 5.97. The number of fused-ring (bicyclic) bond motifs is 1. The van der Waals surface area contributed by atoms with Gasteiger partial charge in [-0.2, -0.15) is 0 Å². The quantitative estimate of drug-likeness (QED) is 0.488. The summed E-state index contributed by atoms with van der Waals surface area (Å²) in [5.41, 5.74) is 4.04. The summed E-state index contributed by atoms with van der Waals surface area (Å²) < 4.78 is 6.22. The number of hydrogen-bond acceptors (Lipinski definition) is 2. The standard InChI is InChI=1S/C25H31NO/c1-4-5-10-20-14-15-25(23-13-7-6-12-22(20)23)27-17-16-24(26-3)21-11-8-9-19(2)18-21/h6-9,11-15,18,24,26H,4-5,10,16-17H2,1-3H3. The van der Waals surface area contributed by atoms with Gasteiger partial charge in [0.25, 0.3) is 0 Å². The summed E-state index contributed by atoms with van der Waals surface area (Å²) in [4.78, 5) is 0. The fraction of sp³-hybridized carbons (Fsp3) is 0.360. The van der Waals surface area contributed by atoms with E-state index in [2.05, 4.69) is 79.8 Å². The molecule has 0 aliphatic carbocycles. The number of hydrogen-bond donors (Lipinski definition) is 1. The second-order valence-electron chi connectivity index (χ2n) is 7.26. The van der Waals surface area contributed by atoms with Crippen molar-refractivity contribution in [1.29, 1.82) is 0 Å². The number of nitrogens with one attached hydrogen (secondary N) is 1. The van der Waals surface area contributed by atoms with Crippen LogP contribution in [0.1, 0.15) is 48.9 Å². The lowest BCUT2D eigenvalue weighted by Crippen LogP contribution is -2.19. The second kappa shape index (κ2) is 9.57. The molecule has 0 spiro atoms. The van der Waals surface area contributed by atoms with Crippen LogP contribution in [-0.2, 0) is 6.42 Å². The van der Waals surface area contributed by atoms with Crippen molar-refractivity contribution in [2.75, 3.05) is 13.7 Å². The van der Waals surface area contributed by atoms with Crippen LogP contribution in [0.5, 0.6) is 5.75 Å². The topological polar surface area (TPSA) is 21.3 Å². The molecule has 1 atom stereocenters. The number of rotatable bonds is 9. The molecule has 27 heavy (non-hydrogen) atoms. The van der Waals surface area contributed by atoms with Gasteiger partial charge in [-0.1, -0.05) is 73.5 Å². The summed E-state index contributed by atoms with van der Waals surface area (Å²) in [6.45, 7) is 5.07. The van der Waals surface area contributed by atoms with Gasteiger partial charge < -0.3 is 10.1 Å². The molecule has 0 heterocycles. The Morgan fingerprint density at radius 2 is 1.78 bits per heavy atom. The van der Waals surface area contributed by atoms with E-state index >= 15 is 0 Å². The Balaban J connectivity index is 1.71. The molecule has 3 aromatic rings. The molecule has 0 aliphatic rings. The Morgan fingerprint density at radius 1 is 0.963 bits per heavy atom. The monoisotopic (exact) mass is 361 g/mol. The van der Waals surface area contributed by atoms with E-state index in [4.69, 9.17) is 4.74 Å². The molecule has 0 bridgehead atoms. The molecular weight excluding hydrogens is 330 g/mol. The fourth-order valence-electron chi connectivity index (χ4n) is 3.70. The van der Waals surface area contributed by atoms with E-state index < -0.39 is 0 Å². The van der Waals surface area contributed by atoms with E-state index in [0.717, 1.165) is 18.6 Å². The Morgan fingerprint density at radius 3 is 2.52 bits per heavy atom. The van der Waals surface area contributed by atoms with E-state index in [9.17, 15) is 0 Å². The molecule has 1 N–H and O–H groups in total. The van der Waals surface area contributed by atoms with Gasteiger partial charge in [0.1, 0.15) is 5.75 Å². The van der Waals surface area contributed by atoms with Crippen LogP contribution in [0.3, 0.4) is 0 Å². The first-order valence-corrected chi connectivity index (χ1v) is 10.1. The first-order valence-electron chi connectivity index (χ1n) is 10.1. The summed E-state index contributed by atoms with van der Waals surface area (Å²) in [7, 11) is 2.02. The summed E-state index contributed by atoms with van der Waals surface area (Å²) in [6.07, 6.45) is 4.51. The lowest BCUT2D eigenvalue weighted by molar-refractivity contribution is 0.293. The molecule has 142 valence electrons.